The number of rotatable bonds is 2. The Morgan fingerprint density at radius 3 is 2.05 bits per heavy atom. The molecule has 1 amide bonds. The van der Waals surface area contributed by atoms with Gasteiger partial charge in [0.25, 0.3) is 0 Å². The molecule has 0 aromatic heterocycles. The Labute approximate surface area is 126 Å². The Morgan fingerprint density at radius 2 is 1.67 bits per heavy atom. The molecule has 2 N–H and O–H groups in total. The third-order valence-corrected chi connectivity index (χ3v) is 7.35. The average molecular weight is 293 g/mol. The van der Waals surface area contributed by atoms with Crippen molar-refractivity contribution in [1.82, 2.24) is 5.32 Å². The lowest BCUT2D eigenvalue weighted by Gasteiger charge is -2.97. The SMILES string of the molecule is CC(C)(C)OC(=O)NC12C3CC1C1C2C3C1(C)C(C)(C)O. The molecule has 4 atom stereocenters. The van der Waals surface area contributed by atoms with Crippen LogP contribution in [0.5, 0.6) is 0 Å². The van der Waals surface area contributed by atoms with E-state index in [1.165, 1.54) is 6.42 Å². The zero-order valence-corrected chi connectivity index (χ0v) is 13.9. The van der Waals surface area contributed by atoms with Crippen molar-refractivity contribution in [2.75, 3.05) is 0 Å². The molecule has 0 aromatic rings. The van der Waals surface area contributed by atoms with E-state index < -0.39 is 11.2 Å². The van der Waals surface area contributed by atoms with Gasteiger partial charge in [0.15, 0.2) is 0 Å². The van der Waals surface area contributed by atoms with Crippen molar-refractivity contribution in [3.8, 4) is 0 Å². The third-order valence-electron chi connectivity index (χ3n) is 7.35. The number of alkyl carbamates (subject to hydrolysis) is 1. The summed E-state index contributed by atoms with van der Waals surface area (Å²) >= 11 is 0. The highest BCUT2D eigenvalue weighted by Gasteiger charge is 2.96. The fourth-order valence-corrected chi connectivity index (χ4v) is 6.49. The van der Waals surface area contributed by atoms with Crippen LogP contribution in [0.4, 0.5) is 4.79 Å². The van der Waals surface area contributed by atoms with Gasteiger partial charge in [-0.05, 0) is 70.6 Å². The number of carbonyl (C=O) groups excluding carboxylic acids is 1. The van der Waals surface area contributed by atoms with Gasteiger partial charge in [0.05, 0.1) is 11.1 Å². The standard InChI is InChI=1S/C17H27NO3/c1-14(2,3)21-13(19)18-17-8-7-9(17)11-12(17)10(8)16(11,6)15(4,5)20/h8-12,20H,7H2,1-6H3,(H,18,19). The number of fused-ring (bicyclic) bond motifs is 2. The van der Waals surface area contributed by atoms with Crippen LogP contribution in [0, 0.1) is 35.0 Å². The molecule has 0 saturated heterocycles. The number of nitrogens with one attached hydrogen (secondary N) is 1. The van der Waals surface area contributed by atoms with E-state index in [1.807, 2.05) is 34.6 Å². The summed E-state index contributed by atoms with van der Waals surface area (Å²) in [6, 6.07) is 0. The smallest absolute Gasteiger partial charge is 0.408 e. The summed E-state index contributed by atoms with van der Waals surface area (Å²) in [5, 5.41) is 13.8. The second kappa shape index (κ2) is 3.27. The maximum atomic E-state index is 12.1. The van der Waals surface area contributed by atoms with Crippen molar-refractivity contribution < 1.29 is 14.6 Å². The van der Waals surface area contributed by atoms with Gasteiger partial charge in [-0.1, -0.05) is 6.92 Å². The maximum Gasteiger partial charge on any atom is 0.408 e. The predicted molar refractivity (Wildman–Crippen MR) is 78.6 cm³/mol. The lowest BCUT2D eigenvalue weighted by molar-refractivity contribution is -0.481. The van der Waals surface area contributed by atoms with Crippen LogP contribution >= 0.6 is 0 Å². The minimum atomic E-state index is -0.631. The minimum absolute atomic E-state index is 0.0163. The number of hydrogen-bond donors (Lipinski definition) is 2. The Kier molecular flexibility index (Phi) is 2.16. The predicted octanol–water partition coefficient (Wildman–Crippen LogP) is 2.55. The third kappa shape index (κ3) is 1.23. The summed E-state index contributed by atoms with van der Waals surface area (Å²) in [5.41, 5.74) is -1.03. The van der Waals surface area contributed by atoms with Gasteiger partial charge in [-0.3, -0.25) is 0 Å². The molecule has 0 bridgehead atoms. The molecular formula is C17H27NO3. The van der Waals surface area contributed by atoms with Crippen molar-refractivity contribution in [3.63, 3.8) is 0 Å². The first-order chi connectivity index (χ1) is 9.44. The molecule has 4 heteroatoms. The van der Waals surface area contributed by atoms with E-state index in [1.54, 1.807) is 0 Å². The van der Waals surface area contributed by atoms with Gasteiger partial charge in [-0.15, -0.1) is 0 Å². The normalized spacial score (nSPS) is 52.4. The Morgan fingerprint density at radius 1 is 1.14 bits per heavy atom. The monoisotopic (exact) mass is 293 g/mol. The van der Waals surface area contributed by atoms with Gasteiger partial charge >= 0.3 is 6.09 Å². The number of amides is 1. The molecule has 0 heterocycles. The van der Waals surface area contributed by atoms with Crippen molar-refractivity contribution in [2.24, 2.45) is 35.0 Å². The molecule has 4 rings (SSSR count). The Bertz CT molecular complexity index is 496. The number of ether oxygens (including phenoxy) is 1. The van der Waals surface area contributed by atoms with Crippen LogP contribution in [0.15, 0.2) is 0 Å². The van der Waals surface area contributed by atoms with Crippen LogP contribution in [0.25, 0.3) is 0 Å². The summed E-state index contributed by atoms with van der Waals surface area (Å²) in [4.78, 5) is 12.1. The van der Waals surface area contributed by atoms with Gasteiger partial charge < -0.3 is 15.2 Å². The van der Waals surface area contributed by atoms with Crippen molar-refractivity contribution in [1.29, 1.82) is 0 Å². The Balaban J connectivity index is 1.50. The van der Waals surface area contributed by atoms with Crippen molar-refractivity contribution in [2.45, 2.75) is 64.7 Å². The van der Waals surface area contributed by atoms with Crippen LogP contribution in [0.1, 0.15) is 48.0 Å². The van der Waals surface area contributed by atoms with E-state index in [0.717, 1.165) is 0 Å². The van der Waals surface area contributed by atoms with Gasteiger partial charge in [0, 0.05) is 5.41 Å². The molecule has 0 aromatic carbocycles. The Hall–Kier alpha value is -0.770. The van der Waals surface area contributed by atoms with Crippen molar-refractivity contribution in [3.05, 3.63) is 0 Å². The second-order valence-electron chi connectivity index (χ2n) is 9.43. The van der Waals surface area contributed by atoms with Crippen LogP contribution in [-0.2, 0) is 4.74 Å². The van der Waals surface area contributed by atoms with Crippen molar-refractivity contribution >= 4 is 6.09 Å². The van der Waals surface area contributed by atoms with E-state index in [-0.39, 0.29) is 17.0 Å². The molecule has 0 radical (unpaired) electrons. The molecule has 0 aliphatic heterocycles. The highest BCUT2D eigenvalue weighted by atomic mass is 16.6. The molecule has 4 fully saturated rings. The first kappa shape index (κ1) is 13.9. The largest absolute Gasteiger partial charge is 0.444 e. The zero-order chi connectivity index (χ0) is 15.6. The molecule has 4 saturated carbocycles. The summed E-state index contributed by atoms with van der Waals surface area (Å²) in [6.45, 7) is 11.8. The van der Waals surface area contributed by atoms with E-state index in [9.17, 15) is 9.90 Å². The molecule has 4 unspecified atom stereocenters. The maximum absolute atomic E-state index is 12.1. The summed E-state index contributed by atoms with van der Waals surface area (Å²) in [7, 11) is 0. The molecule has 4 nitrogen and oxygen atoms in total. The molecule has 4 aliphatic rings. The van der Waals surface area contributed by atoms with Gasteiger partial charge in [-0.2, -0.15) is 0 Å². The van der Waals surface area contributed by atoms with Gasteiger partial charge in [0.1, 0.15) is 5.60 Å². The molecule has 0 spiro atoms. The molecule has 118 valence electrons. The lowest BCUT2D eigenvalue weighted by atomic mass is 9.09. The fraction of sp³-hybridized carbons (Fsp3) is 0.941. The minimum Gasteiger partial charge on any atom is -0.444 e. The molecule has 21 heavy (non-hydrogen) atoms. The lowest BCUT2D eigenvalue weighted by Crippen LogP contribution is -3.02. The highest BCUT2D eigenvalue weighted by Crippen LogP contribution is 2.93. The topological polar surface area (TPSA) is 58.6 Å². The quantitative estimate of drug-likeness (QED) is 0.822. The van der Waals surface area contributed by atoms with E-state index in [2.05, 4.69) is 12.2 Å². The number of aliphatic hydroxyl groups is 1. The van der Waals surface area contributed by atoms with Gasteiger partial charge in [0.2, 0.25) is 0 Å². The number of hydrogen-bond acceptors (Lipinski definition) is 3. The second-order valence-corrected chi connectivity index (χ2v) is 9.43. The average Bonchev–Trinajstić information content (AvgIpc) is 2.30. The van der Waals surface area contributed by atoms with E-state index in [4.69, 9.17) is 4.74 Å². The van der Waals surface area contributed by atoms with Crippen LogP contribution < -0.4 is 5.32 Å². The van der Waals surface area contributed by atoms with Crippen LogP contribution in [-0.4, -0.2) is 27.9 Å². The highest BCUT2D eigenvalue weighted by molar-refractivity contribution is 5.71. The van der Waals surface area contributed by atoms with E-state index >= 15 is 0 Å². The first-order valence-corrected chi connectivity index (χ1v) is 8.18. The van der Waals surface area contributed by atoms with Crippen LogP contribution in [0.2, 0.25) is 0 Å². The van der Waals surface area contributed by atoms with E-state index in [0.29, 0.717) is 29.6 Å². The number of carbonyl (C=O) groups is 1. The van der Waals surface area contributed by atoms with Gasteiger partial charge in [-0.25, -0.2) is 4.79 Å². The zero-order valence-electron chi connectivity index (χ0n) is 13.9. The molecule has 4 aliphatic carbocycles. The summed E-state index contributed by atoms with van der Waals surface area (Å²) in [6.07, 6.45) is 0.943. The summed E-state index contributed by atoms with van der Waals surface area (Å²) < 4.78 is 5.43. The fourth-order valence-electron chi connectivity index (χ4n) is 6.49. The summed E-state index contributed by atoms with van der Waals surface area (Å²) in [5.74, 6) is 2.80. The molecular weight excluding hydrogens is 266 g/mol. The first-order valence-electron chi connectivity index (χ1n) is 8.18. The van der Waals surface area contributed by atoms with Crippen LogP contribution in [0.3, 0.4) is 0 Å².